The Kier molecular flexibility index (Phi) is 3.12. The molecule has 1 heterocycles. The Labute approximate surface area is 104 Å². The van der Waals surface area contributed by atoms with Gasteiger partial charge in [-0.2, -0.15) is 0 Å². The molecule has 2 aliphatic carbocycles. The number of fused-ring (bicyclic) bond motifs is 1. The van der Waals surface area contributed by atoms with Gasteiger partial charge in [-0.3, -0.25) is 4.79 Å². The molecule has 2 atom stereocenters. The third kappa shape index (κ3) is 2.22. The maximum atomic E-state index is 12.1. The SMILES string of the molecule is O=C1NCC2(CCCCCC2)NC2CCCC12. The lowest BCUT2D eigenvalue weighted by Gasteiger charge is -2.35. The number of rotatable bonds is 0. The van der Waals surface area contributed by atoms with Crippen molar-refractivity contribution in [3.63, 3.8) is 0 Å². The fourth-order valence-corrected chi connectivity index (χ4v) is 4.00. The Morgan fingerprint density at radius 2 is 1.76 bits per heavy atom. The van der Waals surface area contributed by atoms with Gasteiger partial charge >= 0.3 is 0 Å². The molecule has 1 aliphatic heterocycles. The van der Waals surface area contributed by atoms with Crippen LogP contribution in [0.3, 0.4) is 0 Å². The van der Waals surface area contributed by atoms with Crippen molar-refractivity contribution in [3.05, 3.63) is 0 Å². The summed E-state index contributed by atoms with van der Waals surface area (Å²) in [4.78, 5) is 12.1. The second-order valence-electron chi connectivity index (χ2n) is 6.20. The fraction of sp³-hybridized carbons (Fsp3) is 0.929. The first kappa shape index (κ1) is 11.5. The summed E-state index contributed by atoms with van der Waals surface area (Å²) >= 11 is 0. The molecule has 3 rings (SSSR count). The quantitative estimate of drug-likeness (QED) is 0.675. The van der Waals surface area contributed by atoms with Gasteiger partial charge in [-0.15, -0.1) is 0 Å². The third-order valence-electron chi connectivity index (χ3n) is 5.01. The Morgan fingerprint density at radius 1 is 1.00 bits per heavy atom. The van der Waals surface area contributed by atoms with Crippen LogP contribution in [0.5, 0.6) is 0 Å². The number of carbonyl (C=O) groups is 1. The molecule has 2 unspecified atom stereocenters. The van der Waals surface area contributed by atoms with Crippen LogP contribution < -0.4 is 10.6 Å². The van der Waals surface area contributed by atoms with Gasteiger partial charge < -0.3 is 10.6 Å². The summed E-state index contributed by atoms with van der Waals surface area (Å²) in [6, 6.07) is 0.454. The molecule has 1 saturated heterocycles. The topological polar surface area (TPSA) is 41.1 Å². The zero-order chi connectivity index (χ0) is 11.7. The Bertz CT molecular complexity index is 295. The van der Waals surface area contributed by atoms with Gasteiger partial charge in [-0.05, 0) is 25.7 Å². The summed E-state index contributed by atoms with van der Waals surface area (Å²) in [6.07, 6.45) is 11.4. The standard InChI is InChI=1S/C14H24N2O/c17-13-11-6-5-7-12(11)16-14(10-15-13)8-3-1-2-4-9-14/h11-12,16H,1-10H2,(H,15,17). The Morgan fingerprint density at radius 3 is 2.53 bits per heavy atom. The summed E-state index contributed by atoms with van der Waals surface area (Å²) in [6.45, 7) is 0.860. The third-order valence-corrected chi connectivity index (χ3v) is 5.01. The average molecular weight is 236 g/mol. The molecule has 96 valence electrons. The van der Waals surface area contributed by atoms with Crippen molar-refractivity contribution in [3.8, 4) is 0 Å². The molecule has 3 fully saturated rings. The van der Waals surface area contributed by atoms with E-state index in [1.165, 1.54) is 51.4 Å². The van der Waals surface area contributed by atoms with Crippen molar-refractivity contribution in [1.29, 1.82) is 0 Å². The van der Waals surface area contributed by atoms with Crippen molar-refractivity contribution >= 4 is 5.91 Å². The summed E-state index contributed by atoms with van der Waals surface area (Å²) in [5.74, 6) is 0.554. The van der Waals surface area contributed by atoms with Crippen molar-refractivity contribution < 1.29 is 4.79 Å². The highest BCUT2D eigenvalue weighted by Crippen LogP contribution is 2.34. The van der Waals surface area contributed by atoms with Gasteiger partial charge in [-0.25, -0.2) is 0 Å². The van der Waals surface area contributed by atoms with Crippen LogP contribution in [0, 0.1) is 5.92 Å². The Hall–Kier alpha value is -0.570. The predicted molar refractivity (Wildman–Crippen MR) is 67.7 cm³/mol. The minimum Gasteiger partial charge on any atom is -0.354 e. The average Bonchev–Trinajstić information content (AvgIpc) is 2.59. The van der Waals surface area contributed by atoms with Crippen LogP contribution in [-0.2, 0) is 4.79 Å². The van der Waals surface area contributed by atoms with Gasteiger partial charge in [0.25, 0.3) is 0 Å². The van der Waals surface area contributed by atoms with E-state index in [0.29, 0.717) is 11.9 Å². The molecule has 0 radical (unpaired) electrons. The lowest BCUT2D eigenvalue weighted by Crippen LogP contribution is -2.53. The van der Waals surface area contributed by atoms with E-state index in [0.717, 1.165) is 13.0 Å². The summed E-state index contributed by atoms with van der Waals surface area (Å²) in [5, 5.41) is 7.08. The van der Waals surface area contributed by atoms with Gasteiger partial charge in [0.15, 0.2) is 0 Å². The van der Waals surface area contributed by atoms with Crippen LogP contribution in [0.15, 0.2) is 0 Å². The zero-order valence-electron chi connectivity index (χ0n) is 10.6. The van der Waals surface area contributed by atoms with Gasteiger partial charge in [0, 0.05) is 18.1 Å². The van der Waals surface area contributed by atoms with E-state index < -0.39 is 0 Å². The molecule has 2 saturated carbocycles. The highest BCUT2D eigenvalue weighted by Gasteiger charge is 2.42. The molecule has 2 N–H and O–H groups in total. The maximum Gasteiger partial charge on any atom is 0.224 e. The number of carbonyl (C=O) groups excluding carboxylic acids is 1. The van der Waals surface area contributed by atoms with Crippen molar-refractivity contribution in [2.24, 2.45) is 5.92 Å². The highest BCUT2D eigenvalue weighted by atomic mass is 16.2. The molecule has 3 nitrogen and oxygen atoms in total. The normalized spacial score (nSPS) is 37.1. The number of hydrogen-bond donors (Lipinski definition) is 2. The van der Waals surface area contributed by atoms with E-state index in [4.69, 9.17) is 0 Å². The summed E-state index contributed by atoms with van der Waals surface area (Å²) < 4.78 is 0. The fourth-order valence-electron chi connectivity index (χ4n) is 4.00. The summed E-state index contributed by atoms with van der Waals surface area (Å²) in [5.41, 5.74) is 0.218. The molecular formula is C14H24N2O. The number of hydrogen-bond acceptors (Lipinski definition) is 2. The molecule has 0 aromatic heterocycles. The molecule has 1 amide bonds. The van der Waals surface area contributed by atoms with E-state index in [1.807, 2.05) is 0 Å². The van der Waals surface area contributed by atoms with Crippen molar-refractivity contribution in [2.75, 3.05) is 6.54 Å². The first-order chi connectivity index (χ1) is 8.29. The monoisotopic (exact) mass is 236 g/mol. The van der Waals surface area contributed by atoms with Gasteiger partial charge in [0.1, 0.15) is 0 Å². The first-order valence-electron chi connectivity index (χ1n) is 7.35. The van der Waals surface area contributed by atoms with Crippen LogP contribution in [0.1, 0.15) is 57.8 Å². The van der Waals surface area contributed by atoms with E-state index in [2.05, 4.69) is 10.6 Å². The van der Waals surface area contributed by atoms with Crippen LogP contribution in [0.2, 0.25) is 0 Å². The van der Waals surface area contributed by atoms with Crippen LogP contribution in [0.4, 0.5) is 0 Å². The smallest absolute Gasteiger partial charge is 0.224 e. The van der Waals surface area contributed by atoms with Gasteiger partial charge in [-0.1, -0.05) is 32.1 Å². The van der Waals surface area contributed by atoms with E-state index in [9.17, 15) is 4.79 Å². The molecular weight excluding hydrogens is 212 g/mol. The van der Waals surface area contributed by atoms with E-state index >= 15 is 0 Å². The zero-order valence-corrected chi connectivity index (χ0v) is 10.6. The van der Waals surface area contributed by atoms with Crippen LogP contribution >= 0.6 is 0 Å². The predicted octanol–water partition coefficient (Wildman–Crippen LogP) is 1.97. The molecule has 1 spiro atoms. The number of amides is 1. The van der Waals surface area contributed by atoms with Gasteiger partial charge in [0.2, 0.25) is 5.91 Å². The molecule has 0 bridgehead atoms. The molecule has 17 heavy (non-hydrogen) atoms. The maximum absolute atomic E-state index is 12.1. The molecule has 3 aliphatic rings. The molecule has 3 heteroatoms. The first-order valence-corrected chi connectivity index (χ1v) is 7.35. The van der Waals surface area contributed by atoms with Gasteiger partial charge in [0.05, 0.1) is 5.92 Å². The molecule has 0 aromatic carbocycles. The van der Waals surface area contributed by atoms with E-state index in [-0.39, 0.29) is 11.5 Å². The number of nitrogens with one attached hydrogen (secondary N) is 2. The minimum absolute atomic E-state index is 0.218. The second-order valence-corrected chi connectivity index (χ2v) is 6.20. The molecule has 0 aromatic rings. The van der Waals surface area contributed by atoms with Crippen molar-refractivity contribution in [2.45, 2.75) is 69.4 Å². The van der Waals surface area contributed by atoms with Crippen LogP contribution in [0.25, 0.3) is 0 Å². The van der Waals surface area contributed by atoms with E-state index in [1.54, 1.807) is 0 Å². The lowest BCUT2D eigenvalue weighted by molar-refractivity contribution is -0.124. The largest absolute Gasteiger partial charge is 0.354 e. The second kappa shape index (κ2) is 4.60. The summed E-state index contributed by atoms with van der Waals surface area (Å²) in [7, 11) is 0. The lowest BCUT2D eigenvalue weighted by atomic mass is 9.89. The minimum atomic E-state index is 0.218. The van der Waals surface area contributed by atoms with Crippen LogP contribution in [-0.4, -0.2) is 24.0 Å². The van der Waals surface area contributed by atoms with Crippen molar-refractivity contribution in [1.82, 2.24) is 10.6 Å². The Balaban J connectivity index is 1.79. The highest BCUT2D eigenvalue weighted by molar-refractivity contribution is 5.80.